The van der Waals surface area contributed by atoms with Gasteiger partial charge in [0.15, 0.2) is 0 Å². The van der Waals surface area contributed by atoms with Crippen molar-refractivity contribution in [3.05, 3.63) is 90.3 Å². The zero-order valence-electron chi connectivity index (χ0n) is 17.9. The summed E-state index contributed by atoms with van der Waals surface area (Å²) < 4.78 is 0. The summed E-state index contributed by atoms with van der Waals surface area (Å²) in [5.41, 5.74) is 4.24. The zero-order chi connectivity index (χ0) is 22.1. The van der Waals surface area contributed by atoms with E-state index in [2.05, 4.69) is 17.1 Å². The van der Waals surface area contributed by atoms with Crippen LogP contribution in [0.5, 0.6) is 0 Å². The van der Waals surface area contributed by atoms with Crippen LogP contribution in [0.4, 0.5) is 4.79 Å². The van der Waals surface area contributed by atoms with Gasteiger partial charge in [0, 0.05) is 25.5 Å². The molecule has 0 fully saturated rings. The molecule has 1 amide bonds. The van der Waals surface area contributed by atoms with Gasteiger partial charge in [-0.05, 0) is 60.4 Å². The lowest BCUT2D eigenvalue weighted by Crippen LogP contribution is -2.34. The van der Waals surface area contributed by atoms with Gasteiger partial charge in [-0.2, -0.15) is 0 Å². The normalized spacial score (nSPS) is 12.8. The summed E-state index contributed by atoms with van der Waals surface area (Å²) in [4.78, 5) is 17.7. The molecule has 0 saturated heterocycles. The number of amides is 1. The molecule has 3 rings (SSSR count). The number of nitrogens with zero attached hydrogens (tertiary/aromatic N) is 2. The minimum absolute atomic E-state index is 0.145. The lowest BCUT2D eigenvalue weighted by Gasteiger charge is -2.29. The maximum Gasteiger partial charge on any atom is 0.407 e. The van der Waals surface area contributed by atoms with E-state index < -0.39 is 6.09 Å². The first-order chi connectivity index (χ1) is 15.1. The largest absolute Gasteiger partial charge is 0.465 e. The number of hydrogen-bond donors (Lipinski definition) is 2. The van der Waals surface area contributed by atoms with Gasteiger partial charge in [-0.15, -0.1) is 0 Å². The SMILES string of the molecule is C[C@@H](c1ccc(-c2cccnc2)cc1)N(CC[C@H](CCCO)c1ccccc1)C(=O)O. The molecule has 0 bridgehead atoms. The Morgan fingerprint density at radius 1 is 0.935 bits per heavy atom. The topological polar surface area (TPSA) is 73.7 Å². The van der Waals surface area contributed by atoms with Crippen molar-refractivity contribution >= 4 is 6.09 Å². The molecule has 0 aliphatic rings. The van der Waals surface area contributed by atoms with E-state index in [4.69, 9.17) is 0 Å². The molecule has 162 valence electrons. The highest BCUT2D eigenvalue weighted by Crippen LogP contribution is 2.29. The predicted molar refractivity (Wildman–Crippen MR) is 123 cm³/mol. The minimum atomic E-state index is -0.919. The Labute approximate surface area is 184 Å². The minimum Gasteiger partial charge on any atom is -0.465 e. The lowest BCUT2D eigenvalue weighted by molar-refractivity contribution is 0.125. The fraction of sp³-hybridized carbons (Fsp3) is 0.308. The number of pyridine rings is 1. The number of carbonyl (C=O) groups is 1. The van der Waals surface area contributed by atoms with Crippen LogP contribution in [0.25, 0.3) is 11.1 Å². The summed E-state index contributed by atoms with van der Waals surface area (Å²) in [6.07, 6.45) is 4.90. The van der Waals surface area contributed by atoms with Crippen LogP contribution in [0.3, 0.4) is 0 Å². The van der Waals surface area contributed by atoms with E-state index in [1.807, 2.05) is 67.7 Å². The molecule has 31 heavy (non-hydrogen) atoms. The van der Waals surface area contributed by atoms with Crippen molar-refractivity contribution in [1.29, 1.82) is 0 Å². The molecule has 1 heterocycles. The summed E-state index contributed by atoms with van der Waals surface area (Å²) in [6, 6.07) is 21.8. The Morgan fingerprint density at radius 2 is 1.68 bits per heavy atom. The van der Waals surface area contributed by atoms with Crippen molar-refractivity contribution in [3.8, 4) is 11.1 Å². The molecule has 0 radical (unpaired) electrons. The highest BCUT2D eigenvalue weighted by atomic mass is 16.4. The first-order valence-electron chi connectivity index (χ1n) is 10.8. The molecule has 3 aromatic rings. The van der Waals surface area contributed by atoms with E-state index in [1.165, 1.54) is 10.5 Å². The summed E-state index contributed by atoms with van der Waals surface area (Å²) >= 11 is 0. The van der Waals surface area contributed by atoms with Crippen LogP contribution in [0.2, 0.25) is 0 Å². The van der Waals surface area contributed by atoms with Gasteiger partial charge in [0.1, 0.15) is 0 Å². The van der Waals surface area contributed by atoms with Gasteiger partial charge in [-0.1, -0.05) is 60.7 Å². The van der Waals surface area contributed by atoms with Crippen LogP contribution in [-0.2, 0) is 0 Å². The number of aliphatic hydroxyl groups excluding tert-OH is 1. The molecular weight excluding hydrogens is 388 g/mol. The molecular formula is C26H30N2O3. The van der Waals surface area contributed by atoms with Crippen molar-refractivity contribution in [3.63, 3.8) is 0 Å². The van der Waals surface area contributed by atoms with Crippen molar-refractivity contribution < 1.29 is 15.0 Å². The summed E-state index contributed by atoms with van der Waals surface area (Å²) in [5.74, 6) is 0.218. The second-order valence-electron chi connectivity index (χ2n) is 7.78. The summed E-state index contributed by atoms with van der Waals surface area (Å²) in [5, 5.41) is 19.1. The molecule has 1 aromatic heterocycles. The molecule has 5 heteroatoms. The van der Waals surface area contributed by atoms with Gasteiger partial charge in [0.05, 0.1) is 6.04 Å². The first kappa shape index (κ1) is 22.5. The number of aliphatic hydroxyl groups is 1. The number of hydrogen-bond acceptors (Lipinski definition) is 3. The van der Waals surface area contributed by atoms with Crippen molar-refractivity contribution in [2.75, 3.05) is 13.2 Å². The molecule has 2 atom stereocenters. The van der Waals surface area contributed by atoms with Gasteiger partial charge in [-0.25, -0.2) is 4.79 Å². The van der Waals surface area contributed by atoms with Crippen molar-refractivity contribution in [2.45, 2.75) is 38.1 Å². The van der Waals surface area contributed by atoms with Crippen molar-refractivity contribution in [2.24, 2.45) is 0 Å². The number of rotatable bonds is 10. The Kier molecular flexibility index (Phi) is 8.19. The third kappa shape index (κ3) is 6.15. The molecule has 0 saturated carbocycles. The number of aromatic nitrogens is 1. The fourth-order valence-corrected chi connectivity index (χ4v) is 3.96. The quantitative estimate of drug-likeness (QED) is 0.441. The number of carboxylic acid groups (broad SMARTS) is 1. The summed E-state index contributed by atoms with van der Waals surface area (Å²) in [7, 11) is 0. The second kappa shape index (κ2) is 11.3. The molecule has 2 N–H and O–H groups in total. The molecule has 2 aromatic carbocycles. The second-order valence-corrected chi connectivity index (χ2v) is 7.78. The van der Waals surface area contributed by atoms with Crippen LogP contribution >= 0.6 is 0 Å². The van der Waals surface area contributed by atoms with Crippen LogP contribution in [0.1, 0.15) is 49.3 Å². The van der Waals surface area contributed by atoms with E-state index in [9.17, 15) is 15.0 Å². The Balaban J connectivity index is 1.71. The maximum absolute atomic E-state index is 12.0. The van der Waals surface area contributed by atoms with E-state index >= 15 is 0 Å². The van der Waals surface area contributed by atoms with E-state index in [-0.39, 0.29) is 18.6 Å². The fourth-order valence-electron chi connectivity index (χ4n) is 3.96. The third-order valence-electron chi connectivity index (χ3n) is 5.80. The summed E-state index contributed by atoms with van der Waals surface area (Å²) in [6.45, 7) is 2.51. The average Bonchev–Trinajstić information content (AvgIpc) is 2.82. The van der Waals surface area contributed by atoms with Crippen LogP contribution in [-0.4, -0.2) is 39.3 Å². The third-order valence-corrected chi connectivity index (χ3v) is 5.80. The lowest BCUT2D eigenvalue weighted by atomic mass is 9.91. The Hall–Kier alpha value is -3.18. The number of benzene rings is 2. The van der Waals surface area contributed by atoms with Crippen LogP contribution < -0.4 is 0 Å². The van der Waals surface area contributed by atoms with Gasteiger partial charge < -0.3 is 15.1 Å². The molecule has 0 unspecified atom stereocenters. The van der Waals surface area contributed by atoms with E-state index in [0.717, 1.165) is 23.1 Å². The maximum atomic E-state index is 12.0. The van der Waals surface area contributed by atoms with Crippen LogP contribution in [0.15, 0.2) is 79.1 Å². The van der Waals surface area contributed by atoms with Gasteiger partial charge in [0.25, 0.3) is 0 Å². The first-order valence-corrected chi connectivity index (χ1v) is 10.8. The Bertz CT molecular complexity index is 930. The van der Waals surface area contributed by atoms with E-state index in [0.29, 0.717) is 19.4 Å². The standard InChI is InChI=1S/C26H30N2O3/c1-20(21-11-13-24(14-12-21)25-9-5-16-27-19-25)28(26(30)31)17-15-23(10-6-18-29)22-7-3-2-4-8-22/h2-5,7-9,11-14,16,19-20,23,29H,6,10,15,17-18H2,1H3,(H,30,31)/t20-,23-/m0/s1. The molecule has 5 nitrogen and oxygen atoms in total. The van der Waals surface area contributed by atoms with Gasteiger partial charge in [-0.3, -0.25) is 4.98 Å². The monoisotopic (exact) mass is 418 g/mol. The highest BCUT2D eigenvalue weighted by Gasteiger charge is 2.23. The average molecular weight is 419 g/mol. The molecule has 0 aliphatic heterocycles. The Morgan fingerprint density at radius 3 is 2.29 bits per heavy atom. The van der Waals surface area contributed by atoms with Gasteiger partial charge in [0.2, 0.25) is 0 Å². The van der Waals surface area contributed by atoms with Crippen molar-refractivity contribution in [1.82, 2.24) is 9.88 Å². The zero-order valence-corrected chi connectivity index (χ0v) is 17.9. The predicted octanol–water partition coefficient (Wildman–Crippen LogP) is 5.74. The smallest absolute Gasteiger partial charge is 0.407 e. The molecule has 0 spiro atoms. The van der Waals surface area contributed by atoms with Gasteiger partial charge >= 0.3 is 6.09 Å². The highest BCUT2D eigenvalue weighted by molar-refractivity contribution is 5.66. The van der Waals surface area contributed by atoms with E-state index in [1.54, 1.807) is 6.20 Å². The van der Waals surface area contributed by atoms with Crippen LogP contribution in [0, 0.1) is 0 Å². The molecule has 0 aliphatic carbocycles.